The predicted molar refractivity (Wildman–Crippen MR) is 69.4 cm³/mol. The molecule has 0 aliphatic carbocycles. The van der Waals surface area contributed by atoms with E-state index in [9.17, 15) is 0 Å². The molecule has 1 aromatic heterocycles. The van der Waals surface area contributed by atoms with Gasteiger partial charge in [-0.3, -0.25) is 0 Å². The number of halogens is 1. The summed E-state index contributed by atoms with van der Waals surface area (Å²) < 4.78 is 3.11. The second-order valence-corrected chi connectivity index (χ2v) is 4.78. The maximum atomic E-state index is 4.08. The monoisotopic (exact) mass is 279 g/mol. The molecule has 4 heteroatoms. The van der Waals surface area contributed by atoms with Crippen molar-refractivity contribution in [3.8, 4) is 0 Å². The van der Waals surface area contributed by atoms with E-state index in [1.165, 1.54) is 5.56 Å². The number of hydrogen-bond donors (Lipinski definition) is 1. The Morgan fingerprint density at radius 3 is 2.81 bits per heavy atom. The van der Waals surface area contributed by atoms with E-state index in [2.05, 4.69) is 51.4 Å². The molecule has 0 saturated heterocycles. The number of benzene rings is 1. The number of anilines is 1. The van der Waals surface area contributed by atoms with E-state index in [0.717, 1.165) is 22.4 Å². The smallest absolute Gasteiger partial charge is 0.0946 e. The fraction of sp³-hybridized carbons (Fsp3) is 0.250. The summed E-state index contributed by atoms with van der Waals surface area (Å²) in [5.74, 6) is 0. The SMILES string of the molecule is Cc1cc(Br)cc(NCc2cncn2C)c1. The van der Waals surface area contributed by atoms with Gasteiger partial charge in [0.15, 0.2) is 0 Å². The highest BCUT2D eigenvalue weighted by Gasteiger charge is 1.99. The van der Waals surface area contributed by atoms with Crippen LogP contribution >= 0.6 is 15.9 Å². The lowest BCUT2D eigenvalue weighted by Gasteiger charge is -2.08. The van der Waals surface area contributed by atoms with Gasteiger partial charge in [0.25, 0.3) is 0 Å². The third kappa shape index (κ3) is 2.64. The van der Waals surface area contributed by atoms with E-state index in [1.54, 1.807) is 0 Å². The zero-order valence-corrected chi connectivity index (χ0v) is 11.0. The summed E-state index contributed by atoms with van der Waals surface area (Å²) in [5.41, 5.74) is 3.52. The molecule has 0 unspecified atom stereocenters. The number of aryl methyl sites for hydroxylation is 2. The number of nitrogens with zero attached hydrogens (tertiary/aromatic N) is 2. The molecule has 3 nitrogen and oxygen atoms in total. The Balaban J connectivity index is 2.07. The Labute approximate surface area is 104 Å². The number of rotatable bonds is 3. The van der Waals surface area contributed by atoms with Gasteiger partial charge in [-0.15, -0.1) is 0 Å². The van der Waals surface area contributed by atoms with Crippen LogP contribution in [0.1, 0.15) is 11.3 Å². The lowest BCUT2D eigenvalue weighted by atomic mass is 10.2. The molecular weight excluding hydrogens is 266 g/mol. The van der Waals surface area contributed by atoms with Gasteiger partial charge in [-0.2, -0.15) is 0 Å². The van der Waals surface area contributed by atoms with Crippen LogP contribution in [0.4, 0.5) is 5.69 Å². The van der Waals surface area contributed by atoms with E-state index in [0.29, 0.717) is 0 Å². The van der Waals surface area contributed by atoms with E-state index >= 15 is 0 Å². The second kappa shape index (κ2) is 4.70. The summed E-state index contributed by atoms with van der Waals surface area (Å²) in [6, 6.07) is 6.29. The van der Waals surface area contributed by atoms with Gasteiger partial charge in [-0.05, 0) is 30.7 Å². The van der Waals surface area contributed by atoms with E-state index in [4.69, 9.17) is 0 Å². The van der Waals surface area contributed by atoms with Gasteiger partial charge < -0.3 is 9.88 Å². The normalized spacial score (nSPS) is 10.4. The lowest BCUT2D eigenvalue weighted by molar-refractivity contribution is 0.837. The van der Waals surface area contributed by atoms with Crippen LogP contribution in [0.2, 0.25) is 0 Å². The Morgan fingerprint density at radius 2 is 2.19 bits per heavy atom. The zero-order chi connectivity index (χ0) is 11.5. The first kappa shape index (κ1) is 11.2. The molecule has 16 heavy (non-hydrogen) atoms. The Hall–Kier alpha value is -1.29. The van der Waals surface area contributed by atoms with E-state index < -0.39 is 0 Å². The molecule has 0 radical (unpaired) electrons. The highest BCUT2D eigenvalue weighted by molar-refractivity contribution is 9.10. The Kier molecular flexibility index (Phi) is 3.29. The van der Waals surface area contributed by atoms with Crippen LogP contribution in [0.25, 0.3) is 0 Å². The minimum Gasteiger partial charge on any atom is -0.379 e. The maximum Gasteiger partial charge on any atom is 0.0946 e. The fourth-order valence-corrected chi connectivity index (χ4v) is 2.19. The first-order valence-electron chi connectivity index (χ1n) is 5.11. The van der Waals surface area contributed by atoms with Gasteiger partial charge in [0.2, 0.25) is 0 Å². The Morgan fingerprint density at radius 1 is 1.38 bits per heavy atom. The van der Waals surface area contributed by atoms with E-state index in [1.807, 2.05) is 24.1 Å². The van der Waals surface area contributed by atoms with Gasteiger partial charge in [-0.25, -0.2) is 4.98 Å². The molecule has 0 saturated carbocycles. The van der Waals surface area contributed by atoms with Crippen molar-refractivity contribution in [2.45, 2.75) is 13.5 Å². The molecule has 0 aliphatic rings. The van der Waals surface area contributed by atoms with Gasteiger partial charge in [-0.1, -0.05) is 15.9 Å². The fourth-order valence-electron chi connectivity index (χ4n) is 1.59. The maximum absolute atomic E-state index is 4.08. The molecule has 1 heterocycles. The van der Waals surface area contributed by atoms with Crippen LogP contribution < -0.4 is 5.32 Å². The van der Waals surface area contributed by atoms with Crippen molar-refractivity contribution < 1.29 is 0 Å². The predicted octanol–water partition coefficient (Wildman–Crippen LogP) is 3.10. The minimum atomic E-state index is 0.784. The summed E-state index contributed by atoms with van der Waals surface area (Å²) in [6.45, 7) is 2.87. The largest absolute Gasteiger partial charge is 0.379 e. The summed E-state index contributed by atoms with van der Waals surface area (Å²) >= 11 is 3.49. The molecule has 0 spiro atoms. The van der Waals surface area contributed by atoms with Crippen molar-refractivity contribution in [3.63, 3.8) is 0 Å². The summed E-state index contributed by atoms with van der Waals surface area (Å²) in [4.78, 5) is 4.08. The van der Waals surface area contributed by atoms with Crippen LogP contribution in [-0.4, -0.2) is 9.55 Å². The lowest BCUT2D eigenvalue weighted by Crippen LogP contribution is -2.04. The topological polar surface area (TPSA) is 29.9 Å². The van der Waals surface area contributed by atoms with Crippen molar-refractivity contribution >= 4 is 21.6 Å². The van der Waals surface area contributed by atoms with Gasteiger partial charge >= 0.3 is 0 Å². The summed E-state index contributed by atoms with van der Waals surface area (Å²) in [6.07, 6.45) is 3.68. The molecule has 0 amide bonds. The van der Waals surface area contributed by atoms with Crippen LogP contribution in [0.15, 0.2) is 35.2 Å². The second-order valence-electron chi connectivity index (χ2n) is 3.87. The molecule has 0 aliphatic heterocycles. The summed E-state index contributed by atoms with van der Waals surface area (Å²) in [7, 11) is 2.00. The number of imidazole rings is 1. The third-order valence-electron chi connectivity index (χ3n) is 2.43. The van der Waals surface area contributed by atoms with Crippen LogP contribution in [-0.2, 0) is 13.6 Å². The van der Waals surface area contributed by atoms with Crippen LogP contribution in [0, 0.1) is 6.92 Å². The average molecular weight is 280 g/mol. The molecule has 2 aromatic rings. The van der Waals surface area contributed by atoms with Crippen LogP contribution in [0.5, 0.6) is 0 Å². The van der Waals surface area contributed by atoms with Crippen LogP contribution in [0.3, 0.4) is 0 Å². The molecule has 0 atom stereocenters. The zero-order valence-electron chi connectivity index (χ0n) is 9.37. The molecule has 84 valence electrons. The van der Waals surface area contributed by atoms with Crippen molar-refractivity contribution in [1.29, 1.82) is 0 Å². The summed E-state index contributed by atoms with van der Waals surface area (Å²) in [5, 5.41) is 3.38. The number of nitrogens with one attached hydrogen (secondary N) is 1. The Bertz CT molecular complexity index is 471. The van der Waals surface area contributed by atoms with Crippen molar-refractivity contribution in [2.75, 3.05) is 5.32 Å². The first-order chi connectivity index (χ1) is 7.65. The quantitative estimate of drug-likeness (QED) is 0.936. The molecule has 2 rings (SSSR count). The van der Waals surface area contributed by atoms with Crippen molar-refractivity contribution in [2.24, 2.45) is 7.05 Å². The van der Waals surface area contributed by atoms with Crippen molar-refractivity contribution in [1.82, 2.24) is 9.55 Å². The third-order valence-corrected chi connectivity index (χ3v) is 2.89. The van der Waals surface area contributed by atoms with Gasteiger partial charge in [0.1, 0.15) is 0 Å². The highest BCUT2D eigenvalue weighted by Crippen LogP contribution is 2.19. The van der Waals surface area contributed by atoms with Gasteiger partial charge in [0, 0.05) is 23.4 Å². The molecule has 0 bridgehead atoms. The average Bonchev–Trinajstić information content (AvgIpc) is 2.59. The van der Waals surface area contributed by atoms with E-state index in [-0.39, 0.29) is 0 Å². The van der Waals surface area contributed by atoms with Gasteiger partial charge in [0.05, 0.1) is 18.6 Å². The molecule has 1 aromatic carbocycles. The molecular formula is C12H14BrN3. The number of hydrogen-bond acceptors (Lipinski definition) is 2. The molecule has 1 N–H and O–H groups in total. The number of aromatic nitrogens is 2. The standard InChI is InChI=1S/C12H14BrN3/c1-9-3-10(13)5-11(4-9)15-7-12-6-14-8-16(12)2/h3-6,8,15H,7H2,1-2H3. The molecule has 0 fully saturated rings. The first-order valence-corrected chi connectivity index (χ1v) is 5.91. The van der Waals surface area contributed by atoms with Crippen molar-refractivity contribution in [3.05, 3.63) is 46.5 Å². The highest BCUT2D eigenvalue weighted by atomic mass is 79.9. The minimum absolute atomic E-state index is 0.784.